The molecule has 0 aliphatic carbocycles. The smallest absolute Gasteiger partial charge is 0.358 e. The van der Waals surface area contributed by atoms with E-state index in [1.807, 2.05) is 0 Å². The Morgan fingerprint density at radius 1 is 1.20 bits per heavy atom. The molecular weight excluding hydrogens is 264 g/mol. The predicted octanol–water partition coefficient (Wildman–Crippen LogP) is 0.626. The van der Waals surface area contributed by atoms with Crippen molar-refractivity contribution in [2.75, 3.05) is 13.7 Å². The van der Waals surface area contributed by atoms with E-state index in [4.69, 9.17) is 4.74 Å². The van der Waals surface area contributed by atoms with Gasteiger partial charge >= 0.3 is 11.9 Å². The summed E-state index contributed by atoms with van der Waals surface area (Å²) in [6, 6.07) is 0. The first-order chi connectivity index (χ1) is 9.65. The molecule has 2 aromatic heterocycles. The number of aromatic nitrogens is 4. The molecule has 0 bridgehead atoms. The lowest BCUT2D eigenvalue weighted by atomic mass is 10.4. The van der Waals surface area contributed by atoms with Crippen LogP contribution in [0.15, 0.2) is 24.8 Å². The normalized spacial score (nSPS) is 10.1. The van der Waals surface area contributed by atoms with Crippen molar-refractivity contribution in [1.82, 2.24) is 19.7 Å². The molecule has 0 radical (unpaired) electrons. The molecule has 0 N–H and O–H groups in total. The molecule has 0 saturated carbocycles. The Hall–Kier alpha value is -2.77. The van der Waals surface area contributed by atoms with Crippen LogP contribution in [0.4, 0.5) is 0 Å². The van der Waals surface area contributed by atoms with Crippen LogP contribution in [0.2, 0.25) is 0 Å². The highest BCUT2D eigenvalue weighted by molar-refractivity contribution is 5.89. The van der Waals surface area contributed by atoms with Gasteiger partial charge in [0.25, 0.3) is 0 Å². The van der Waals surface area contributed by atoms with Crippen molar-refractivity contribution >= 4 is 11.9 Å². The molecule has 2 heterocycles. The van der Waals surface area contributed by atoms with Crippen LogP contribution in [-0.2, 0) is 9.47 Å². The summed E-state index contributed by atoms with van der Waals surface area (Å²) < 4.78 is 10.7. The van der Waals surface area contributed by atoms with Crippen molar-refractivity contribution < 1.29 is 19.1 Å². The van der Waals surface area contributed by atoms with Gasteiger partial charge < -0.3 is 9.47 Å². The number of hydrogen-bond donors (Lipinski definition) is 0. The third kappa shape index (κ3) is 2.79. The van der Waals surface area contributed by atoms with E-state index in [1.165, 1.54) is 36.6 Å². The van der Waals surface area contributed by atoms with Gasteiger partial charge in [0.15, 0.2) is 11.5 Å². The van der Waals surface area contributed by atoms with E-state index in [1.54, 1.807) is 6.92 Å². The van der Waals surface area contributed by atoms with E-state index in [0.717, 1.165) is 0 Å². The van der Waals surface area contributed by atoms with Crippen molar-refractivity contribution in [2.45, 2.75) is 6.92 Å². The van der Waals surface area contributed by atoms with Gasteiger partial charge in [-0.1, -0.05) is 0 Å². The van der Waals surface area contributed by atoms with E-state index in [0.29, 0.717) is 11.4 Å². The number of ether oxygens (including phenoxy) is 2. The van der Waals surface area contributed by atoms with Crippen LogP contribution in [0, 0.1) is 0 Å². The molecule has 2 aromatic rings. The van der Waals surface area contributed by atoms with Crippen LogP contribution in [0.3, 0.4) is 0 Å². The zero-order valence-corrected chi connectivity index (χ0v) is 10.9. The summed E-state index contributed by atoms with van der Waals surface area (Å²) in [5.41, 5.74) is 0.403. The van der Waals surface area contributed by atoms with Crippen molar-refractivity contribution in [3.63, 3.8) is 0 Å². The first kappa shape index (κ1) is 13.7. The quantitative estimate of drug-likeness (QED) is 0.755. The fraction of sp³-hybridized carbons (Fsp3) is 0.250. The molecular formula is C12H12N4O4. The number of hydrogen-bond acceptors (Lipinski definition) is 7. The van der Waals surface area contributed by atoms with Crippen LogP contribution in [0.5, 0.6) is 0 Å². The highest BCUT2D eigenvalue weighted by Crippen LogP contribution is 2.06. The summed E-state index contributed by atoms with van der Waals surface area (Å²) in [7, 11) is 1.26. The minimum Gasteiger partial charge on any atom is -0.464 e. The summed E-state index contributed by atoms with van der Waals surface area (Å²) in [6.45, 7) is 2.01. The third-order valence-electron chi connectivity index (χ3n) is 2.36. The zero-order chi connectivity index (χ0) is 14.5. The summed E-state index contributed by atoms with van der Waals surface area (Å²) >= 11 is 0. The summed E-state index contributed by atoms with van der Waals surface area (Å²) in [6.07, 6.45) is 5.47. The monoisotopic (exact) mass is 276 g/mol. The van der Waals surface area contributed by atoms with Crippen LogP contribution in [-0.4, -0.2) is 45.4 Å². The largest absolute Gasteiger partial charge is 0.464 e. The Morgan fingerprint density at radius 2 is 2.00 bits per heavy atom. The lowest BCUT2D eigenvalue weighted by Crippen LogP contribution is -2.07. The Kier molecular flexibility index (Phi) is 4.04. The number of methoxy groups -OCH3 is 1. The van der Waals surface area contributed by atoms with Crippen LogP contribution in [0.25, 0.3) is 5.82 Å². The van der Waals surface area contributed by atoms with E-state index in [-0.39, 0.29) is 12.3 Å². The van der Waals surface area contributed by atoms with Gasteiger partial charge in [0.05, 0.1) is 37.9 Å². The second-order valence-electron chi connectivity index (χ2n) is 3.65. The Labute approximate surface area is 114 Å². The topological polar surface area (TPSA) is 96.2 Å². The van der Waals surface area contributed by atoms with Gasteiger partial charge in [-0.05, 0) is 6.92 Å². The van der Waals surface area contributed by atoms with Gasteiger partial charge in [0.1, 0.15) is 0 Å². The molecule has 0 aliphatic heterocycles. The summed E-state index contributed by atoms with van der Waals surface area (Å²) in [5.74, 6) is -0.664. The molecule has 0 unspecified atom stereocenters. The second kappa shape index (κ2) is 5.91. The molecule has 0 saturated heterocycles. The van der Waals surface area contributed by atoms with Crippen molar-refractivity contribution in [2.24, 2.45) is 0 Å². The first-order valence-corrected chi connectivity index (χ1v) is 5.78. The molecule has 0 aromatic carbocycles. The van der Waals surface area contributed by atoms with Gasteiger partial charge in [-0.15, -0.1) is 0 Å². The molecule has 2 rings (SSSR count). The van der Waals surface area contributed by atoms with Gasteiger partial charge in [-0.2, -0.15) is 5.10 Å². The average molecular weight is 276 g/mol. The lowest BCUT2D eigenvalue weighted by molar-refractivity contribution is 0.0525. The molecule has 0 aliphatic rings. The van der Waals surface area contributed by atoms with Gasteiger partial charge in [-0.3, -0.25) is 0 Å². The van der Waals surface area contributed by atoms with Crippen molar-refractivity contribution in [3.05, 3.63) is 36.0 Å². The molecule has 20 heavy (non-hydrogen) atoms. The van der Waals surface area contributed by atoms with Gasteiger partial charge in [0.2, 0.25) is 0 Å². The standard InChI is InChI=1S/C12H12N4O4/c1-3-20-11(17)8-4-15-16(7-8)10-6-13-9(5-14-10)12(18)19-2/h4-7H,3H2,1-2H3. The Balaban J connectivity index is 2.20. The Morgan fingerprint density at radius 3 is 2.60 bits per heavy atom. The molecule has 0 spiro atoms. The fourth-order valence-electron chi connectivity index (χ4n) is 1.42. The SMILES string of the molecule is CCOC(=O)c1cnn(-c2cnc(C(=O)OC)cn2)c1. The minimum atomic E-state index is -0.572. The second-order valence-corrected chi connectivity index (χ2v) is 3.65. The zero-order valence-electron chi connectivity index (χ0n) is 10.9. The highest BCUT2D eigenvalue weighted by atomic mass is 16.5. The number of carbonyl (C=O) groups is 2. The fourth-order valence-corrected chi connectivity index (χ4v) is 1.42. The van der Waals surface area contributed by atoms with Crippen LogP contribution >= 0.6 is 0 Å². The maximum Gasteiger partial charge on any atom is 0.358 e. The number of rotatable bonds is 4. The maximum absolute atomic E-state index is 11.5. The van der Waals surface area contributed by atoms with Gasteiger partial charge in [0, 0.05) is 6.20 Å². The van der Waals surface area contributed by atoms with Crippen molar-refractivity contribution in [1.29, 1.82) is 0 Å². The summed E-state index contributed by atoms with van der Waals surface area (Å²) in [5, 5.41) is 3.98. The van der Waals surface area contributed by atoms with E-state index in [2.05, 4.69) is 19.8 Å². The number of esters is 2. The predicted molar refractivity (Wildman–Crippen MR) is 66.5 cm³/mol. The van der Waals surface area contributed by atoms with Gasteiger partial charge in [-0.25, -0.2) is 24.2 Å². The molecule has 8 nitrogen and oxygen atoms in total. The third-order valence-corrected chi connectivity index (χ3v) is 2.36. The molecule has 104 valence electrons. The van der Waals surface area contributed by atoms with E-state index >= 15 is 0 Å². The lowest BCUT2D eigenvalue weighted by Gasteiger charge is -2.01. The molecule has 8 heteroatoms. The number of carbonyl (C=O) groups excluding carboxylic acids is 2. The maximum atomic E-state index is 11.5. The minimum absolute atomic E-state index is 0.0917. The average Bonchev–Trinajstić information content (AvgIpc) is 2.97. The molecule has 0 atom stereocenters. The van der Waals surface area contributed by atoms with Crippen molar-refractivity contribution in [3.8, 4) is 5.82 Å². The molecule has 0 fully saturated rings. The van der Waals surface area contributed by atoms with Crippen LogP contribution in [0.1, 0.15) is 27.8 Å². The molecule has 0 amide bonds. The summed E-state index contributed by atoms with van der Waals surface area (Å²) in [4.78, 5) is 30.6. The first-order valence-electron chi connectivity index (χ1n) is 5.78. The highest BCUT2D eigenvalue weighted by Gasteiger charge is 2.12. The van der Waals surface area contributed by atoms with E-state index in [9.17, 15) is 9.59 Å². The number of nitrogens with zero attached hydrogens (tertiary/aromatic N) is 4. The van der Waals surface area contributed by atoms with Crippen LogP contribution < -0.4 is 0 Å². The Bertz CT molecular complexity index is 621. The van der Waals surface area contributed by atoms with E-state index < -0.39 is 11.9 Å².